The Balaban J connectivity index is 1.58. The highest BCUT2D eigenvalue weighted by Gasteiger charge is 2.55. The maximum absolute atomic E-state index is 12.8. The molecule has 1 spiro atoms. The lowest BCUT2D eigenvalue weighted by molar-refractivity contribution is -0.147. The Labute approximate surface area is 151 Å². The van der Waals surface area contributed by atoms with Crippen LogP contribution in [0, 0.1) is 5.92 Å². The summed E-state index contributed by atoms with van der Waals surface area (Å²) < 4.78 is 4.96. The molecule has 2 aliphatic rings. The lowest BCUT2D eigenvalue weighted by Crippen LogP contribution is -2.54. The number of amides is 3. The number of rotatable bonds is 5. The molecule has 138 valence electrons. The number of esters is 1. The van der Waals surface area contributed by atoms with Crippen molar-refractivity contribution in [3.05, 3.63) is 35.9 Å². The van der Waals surface area contributed by atoms with Crippen molar-refractivity contribution in [2.75, 3.05) is 13.2 Å². The van der Waals surface area contributed by atoms with E-state index in [1.54, 1.807) is 30.3 Å². The molecule has 0 bridgehead atoms. The first-order valence-corrected chi connectivity index (χ1v) is 8.82. The zero-order chi connectivity index (χ0) is 18.7. The number of carbonyl (C=O) groups excluding carboxylic acids is 4. The zero-order valence-electron chi connectivity index (χ0n) is 14.7. The van der Waals surface area contributed by atoms with Crippen molar-refractivity contribution in [1.82, 2.24) is 10.2 Å². The highest BCUT2D eigenvalue weighted by Crippen LogP contribution is 2.38. The van der Waals surface area contributed by atoms with Crippen LogP contribution in [0.3, 0.4) is 0 Å². The third kappa shape index (κ3) is 3.34. The van der Waals surface area contributed by atoms with Gasteiger partial charge < -0.3 is 10.1 Å². The number of urea groups is 1. The third-order valence-electron chi connectivity index (χ3n) is 5.25. The van der Waals surface area contributed by atoms with E-state index in [4.69, 9.17) is 4.74 Å². The summed E-state index contributed by atoms with van der Waals surface area (Å²) in [5, 5.41) is 2.78. The summed E-state index contributed by atoms with van der Waals surface area (Å²) >= 11 is 0. The van der Waals surface area contributed by atoms with Gasteiger partial charge in [-0.2, -0.15) is 0 Å². The van der Waals surface area contributed by atoms with Crippen molar-refractivity contribution in [2.45, 2.75) is 38.1 Å². The van der Waals surface area contributed by atoms with Crippen molar-refractivity contribution >= 4 is 23.7 Å². The van der Waals surface area contributed by atoms with Crippen molar-refractivity contribution in [3.63, 3.8) is 0 Å². The van der Waals surface area contributed by atoms with E-state index in [0.717, 1.165) is 24.2 Å². The summed E-state index contributed by atoms with van der Waals surface area (Å²) in [6.45, 7) is 1.03. The van der Waals surface area contributed by atoms with E-state index >= 15 is 0 Å². The van der Waals surface area contributed by atoms with Crippen LogP contribution in [0.15, 0.2) is 30.3 Å². The lowest BCUT2D eigenvalue weighted by atomic mass is 9.73. The molecule has 2 atom stereocenters. The Morgan fingerprint density at radius 3 is 2.65 bits per heavy atom. The fourth-order valence-corrected chi connectivity index (χ4v) is 3.67. The number of hydrogen-bond donors (Lipinski definition) is 1. The number of ether oxygens (including phenoxy) is 1. The average Bonchev–Trinajstić information content (AvgIpc) is 2.88. The van der Waals surface area contributed by atoms with E-state index in [-0.39, 0.29) is 17.6 Å². The van der Waals surface area contributed by atoms with Gasteiger partial charge in [0.05, 0.1) is 0 Å². The van der Waals surface area contributed by atoms with Gasteiger partial charge in [-0.1, -0.05) is 50.1 Å². The summed E-state index contributed by atoms with van der Waals surface area (Å²) in [5.74, 6) is -1.47. The fourth-order valence-electron chi connectivity index (χ4n) is 3.67. The standard InChI is InChI=1S/C19H22N2O5/c1-13-7-5-6-10-19(13)17(24)21(18(25)20-19)11-16(23)26-12-15(22)14-8-3-2-4-9-14/h2-4,8-9,13H,5-7,10-12H2,1H3,(H,20,25)/t13-,19+/m0/s1. The van der Waals surface area contributed by atoms with E-state index in [1.807, 2.05) is 6.92 Å². The topological polar surface area (TPSA) is 92.8 Å². The summed E-state index contributed by atoms with van der Waals surface area (Å²) in [7, 11) is 0. The summed E-state index contributed by atoms with van der Waals surface area (Å²) in [4.78, 5) is 49.9. The molecule has 1 heterocycles. The van der Waals surface area contributed by atoms with Crippen LogP contribution in [0.2, 0.25) is 0 Å². The monoisotopic (exact) mass is 358 g/mol. The van der Waals surface area contributed by atoms with Crippen LogP contribution in [0.25, 0.3) is 0 Å². The Morgan fingerprint density at radius 2 is 1.96 bits per heavy atom. The minimum absolute atomic E-state index is 0.0216. The molecular weight excluding hydrogens is 336 g/mol. The summed E-state index contributed by atoms with van der Waals surface area (Å²) in [6.07, 6.45) is 3.32. The first kappa shape index (κ1) is 18.1. The molecule has 1 aliphatic heterocycles. The average molecular weight is 358 g/mol. The van der Waals surface area contributed by atoms with Crippen LogP contribution < -0.4 is 5.32 Å². The second-order valence-electron chi connectivity index (χ2n) is 6.89. The molecule has 1 saturated heterocycles. The molecule has 0 unspecified atom stereocenters. The van der Waals surface area contributed by atoms with Crippen molar-refractivity contribution in [1.29, 1.82) is 0 Å². The molecule has 1 aliphatic carbocycles. The molecule has 0 radical (unpaired) electrons. The number of ketones is 1. The molecule has 3 amide bonds. The molecular formula is C19H22N2O5. The first-order valence-electron chi connectivity index (χ1n) is 8.82. The van der Waals surface area contributed by atoms with Gasteiger partial charge in [-0.05, 0) is 18.8 Å². The van der Waals surface area contributed by atoms with Gasteiger partial charge in [0.15, 0.2) is 12.4 Å². The smallest absolute Gasteiger partial charge is 0.326 e. The van der Waals surface area contributed by atoms with E-state index in [0.29, 0.717) is 12.0 Å². The van der Waals surface area contributed by atoms with Crippen molar-refractivity contribution in [2.24, 2.45) is 5.92 Å². The van der Waals surface area contributed by atoms with Crippen molar-refractivity contribution < 1.29 is 23.9 Å². The van der Waals surface area contributed by atoms with Gasteiger partial charge in [0, 0.05) is 5.56 Å². The molecule has 1 aromatic carbocycles. The minimum atomic E-state index is -0.907. The van der Waals surface area contributed by atoms with Crippen LogP contribution in [-0.4, -0.2) is 47.3 Å². The number of carbonyl (C=O) groups is 4. The molecule has 7 nitrogen and oxygen atoms in total. The van der Waals surface area contributed by atoms with Gasteiger partial charge in [-0.3, -0.25) is 19.3 Å². The second kappa shape index (κ2) is 7.27. The van der Waals surface area contributed by atoms with E-state index in [2.05, 4.69) is 5.32 Å². The molecule has 0 aromatic heterocycles. The molecule has 2 fully saturated rings. The lowest BCUT2D eigenvalue weighted by Gasteiger charge is -2.36. The van der Waals surface area contributed by atoms with Crippen LogP contribution in [0.1, 0.15) is 43.0 Å². The highest BCUT2D eigenvalue weighted by molar-refractivity contribution is 6.09. The van der Waals surface area contributed by atoms with Crippen LogP contribution >= 0.6 is 0 Å². The predicted octanol–water partition coefficient (Wildman–Crippen LogP) is 1.91. The van der Waals surface area contributed by atoms with E-state index < -0.39 is 30.7 Å². The van der Waals surface area contributed by atoms with Crippen LogP contribution in [0.4, 0.5) is 4.79 Å². The normalized spacial score (nSPS) is 25.3. The van der Waals surface area contributed by atoms with Gasteiger partial charge in [-0.25, -0.2) is 4.79 Å². The molecule has 1 N–H and O–H groups in total. The number of Topliss-reactive ketones (excluding diaryl/α,β-unsaturated/α-hetero) is 1. The zero-order valence-corrected chi connectivity index (χ0v) is 14.7. The summed E-state index contributed by atoms with van der Waals surface area (Å²) in [5.41, 5.74) is -0.472. The quantitative estimate of drug-likeness (QED) is 0.493. The number of nitrogens with zero attached hydrogens (tertiary/aromatic N) is 1. The van der Waals surface area contributed by atoms with Gasteiger partial charge in [0.25, 0.3) is 5.91 Å². The SMILES string of the molecule is C[C@H]1CCCC[C@@]12NC(=O)N(CC(=O)OCC(=O)c1ccccc1)C2=O. The Bertz CT molecular complexity index is 733. The second-order valence-corrected chi connectivity index (χ2v) is 6.89. The number of benzene rings is 1. The largest absolute Gasteiger partial charge is 0.456 e. The van der Waals surface area contributed by atoms with E-state index in [9.17, 15) is 19.2 Å². The minimum Gasteiger partial charge on any atom is -0.456 e. The molecule has 7 heteroatoms. The van der Waals surface area contributed by atoms with Gasteiger partial charge in [0.1, 0.15) is 12.1 Å². The Hall–Kier alpha value is -2.70. The van der Waals surface area contributed by atoms with Gasteiger partial charge in [-0.15, -0.1) is 0 Å². The fraction of sp³-hybridized carbons (Fsp3) is 0.474. The molecule has 26 heavy (non-hydrogen) atoms. The van der Waals surface area contributed by atoms with Crippen LogP contribution in [0.5, 0.6) is 0 Å². The predicted molar refractivity (Wildman–Crippen MR) is 92.3 cm³/mol. The highest BCUT2D eigenvalue weighted by atomic mass is 16.5. The number of hydrogen-bond acceptors (Lipinski definition) is 5. The maximum Gasteiger partial charge on any atom is 0.326 e. The third-order valence-corrected chi connectivity index (χ3v) is 5.25. The number of nitrogens with one attached hydrogen (secondary N) is 1. The van der Waals surface area contributed by atoms with Gasteiger partial charge >= 0.3 is 12.0 Å². The Morgan fingerprint density at radius 1 is 1.23 bits per heavy atom. The summed E-state index contributed by atoms with van der Waals surface area (Å²) in [6, 6.07) is 7.89. The molecule has 1 aromatic rings. The first-order chi connectivity index (χ1) is 12.4. The van der Waals surface area contributed by atoms with Crippen molar-refractivity contribution in [3.8, 4) is 0 Å². The van der Waals surface area contributed by atoms with E-state index in [1.165, 1.54) is 0 Å². The molecule has 1 saturated carbocycles. The maximum atomic E-state index is 12.8. The molecule has 3 rings (SSSR count). The Kier molecular flexibility index (Phi) is 5.06. The van der Waals surface area contributed by atoms with Gasteiger partial charge in [0.2, 0.25) is 0 Å². The van der Waals surface area contributed by atoms with Crippen LogP contribution in [-0.2, 0) is 14.3 Å². The number of imide groups is 1.